The van der Waals surface area contributed by atoms with Crippen molar-refractivity contribution in [3.8, 4) is 6.07 Å². The number of likely N-dealkylation sites (N-methyl/N-ethyl adjacent to an activating group) is 1. The van der Waals surface area contributed by atoms with Crippen molar-refractivity contribution < 1.29 is 50.3 Å². The zero-order chi connectivity index (χ0) is 43.5. The zero-order valence-electron chi connectivity index (χ0n) is 33.9. The van der Waals surface area contributed by atoms with E-state index in [1.165, 1.54) is 59.4 Å². The van der Waals surface area contributed by atoms with Crippen molar-refractivity contribution in [2.75, 3.05) is 46.1 Å². The predicted molar refractivity (Wildman–Crippen MR) is 222 cm³/mol. The number of phosphoric acid groups is 1. The Balaban J connectivity index is 1.55. The fourth-order valence-corrected chi connectivity index (χ4v) is 8.84. The lowest BCUT2D eigenvalue weighted by Gasteiger charge is -2.40. The van der Waals surface area contributed by atoms with Crippen LogP contribution in [-0.2, 0) is 49.3 Å². The number of nitriles is 1. The molecule has 0 saturated carbocycles. The average Bonchev–Trinajstić information content (AvgIpc) is 3.75. The number of nitrogens with zero attached hydrogens (tertiary/aromatic N) is 5. The maximum Gasteiger partial charge on any atom is 0.475 e. The van der Waals surface area contributed by atoms with Crippen LogP contribution in [-0.4, -0.2) is 94.6 Å². The summed E-state index contributed by atoms with van der Waals surface area (Å²) in [7, 11) is -4.13. The lowest BCUT2D eigenvalue weighted by molar-refractivity contribution is -0.164. The lowest BCUT2D eigenvalue weighted by Crippen LogP contribution is -2.47. The molecule has 3 atom stereocenters. The first-order valence-corrected chi connectivity index (χ1v) is 21.7. The lowest BCUT2D eigenvalue weighted by atomic mass is 9.89. The van der Waals surface area contributed by atoms with Crippen LogP contribution in [0.1, 0.15) is 50.3 Å². The number of benzene rings is 2. The second kappa shape index (κ2) is 24.2. The third-order valence-electron chi connectivity index (χ3n) is 9.28. The van der Waals surface area contributed by atoms with E-state index in [-0.39, 0.29) is 68.7 Å². The van der Waals surface area contributed by atoms with Crippen LogP contribution < -0.4 is 0 Å². The van der Waals surface area contributed by atoms with E-state index in [4.69, 9.17) is 33.0 Å². The molecular formula is C42H51F3N5O8PS. The minimum atomic E-state index is -4.13. The monoisotopic (exact) mass is 873 g/mol. The third kappa shape index (κ3) is 14.4. The molecule has 0 amide bonds. The van der Waals surface area contributed by atoms with Gasteiger partial charge in [-0.25, -0.2) is 27.4 Å². The number of carbonyl (C=O) groups excluding carboxylic acids is 1. The number of rotatable bonds is 25. The second-order valence-corrected chi connectivity index (χ2v) is 16.7. The third-order valence-corrected chi connectivity index (χ3v) is 12.2. The summed E-state index contributed by atoms with van der Waals surface area (Å²) in [6.45, 7) is 14.4. The summed E-state index contributed by atoms with van der Waals surface area (Å²) in [4.78, 5) is 20.1. The van der Waals surface area contributed by atoms with E-state index in [0.717, 1.165) is 18.2 Å². The van der Waals surface area contributed by atoms with Gasteiger partial charge in [0.05, 0.1) is 56.0 Å². The first-order chi connectivity index (χ1) is 28.9. The Hall–Kier alpha value is -4.37. The van der Waals surface area contributed by atoms with Gasteiger partial charge in [-0.05, 0) is 56.8 Å². The van der Waals surface area contributed by atoms with Crippen molar-refractivity contribution >= 4 is 31.6 Å². The Morgan fingerprint density at radius 2 is 1.82 bits per heavy atom. The highest BCUT2D eigenvalue weighted by molar-refractivity contribution is 8.00. The number of carbonyl (C=O) groups is 1. The van der Waals surface area contributed by atoms with Crippen LogP contribution in [0.15, 0.2) is 92.6 Å². The standard InChI is InChI=1S/C42H51F3N5O8PS/c1-6-20-55-59(52,56-21-7-2)58-35(25-49(8-3)9-4)17-19-40(51)57-42(28-50-30-47-29-48-50,37-18-16-34(43)23-39(37)45)31(5)60-36-26-53-41(54-27-36)13-11-10-12-33-15-14-32(24-46)22-38(33)44/h6-7,10-16,18,22-23,29-31,35-36,41H,1-2,8-9,17,19-21,25-28H2,3-5H3/t31-,35?,36?,41?,42-/m1/s1. The Bertz CT molecular complexity index is 1990. The molecule has 1 saturated heterocycles. The van der Waals surface area contributed by atoms with E-state index in [2.05, 4.69) is 23.2 Å². The molecule has 3 aromatic rings. The van der Waals surface area contributed by atoms with E-state index in [1.807, 2.05) is 24.8 Å². The van der Waals surface area contributed by atoms with E-state index in [0.29, 0.717) is 18.7 Å². The van der Waals surface area contributed by atoms with Crippen LogP contribution in [0.2, 0.25) is 0 Å². The minimum Gasteiger partial charge on any atom is -0.451 e. The summed E-state index contributed by atoms with van der Waals surface area (Å²) >= 11 is 1.32. The van der Waals surface area contributed by atoms with Gasteiger partial charge in [-0.1, -0.05) is 50.3 Å². The summed E-state index contributed by atoms with van der Waals surface area (Å²) in [5, 5.41) is 12.1. The molecule has 0 aliphatic carbocycles. The van der Waals surface area contributed by atoms with Crippen molar-refractivity contribution in [2.24, 2.45) is 0 Å². The number of hydrogen-bond donors (Lipinski definition) is 0. The first-order valence-electron chi connectivity index (χ1n) is 19.3. The number of phosphoric ester groups is 1. The number of esters is 1. The number of halogens is 3. The average molecular weight is 874 g/mol. The SMILES string of the molecule is C=CCOP(=O)(OCC=C)OC(CCC(=O)O[C@@](Cn1cncn1)(c1ccc(F)cc1F)[C@@H](C)SC1COC(C=CC=Cc2ccc(C#N)cc2F)OC1)CN(CC)CC. The summed E-state index contributed by atoms with van der Waals surface area (Å²) in [5.41, 5.74) is -1.34. The zero-order valence-corrected chi connectivity index (χ0v) is 35.6. The predicted octanol–water partition coefficient (Wildman–Crippen LogP) is 8.16. The highest BCUT2D eigenvalue weighted by atomic mass is 32.2. The van der Waals surface area contributed by atoms with Gasteiger partial charge in [0, 0.05) is 35.4 Å². The minimum absolute atomic E-state index is 0.0118. The smallest absolute Gasteiger partial charge is 0.451 e. The molecule has 2 aromatic carbocycles. The second-order valence-electron chi connectivity index (χ2n) is 13.5. The van der Waals surface area contributed by atoms with Crippen LogP contribution in [0.4, 0.5) is 13.2 Å². The molecule has 1 aliphatic rings. The molecule has 18 heteroatoms. The quantitative estimate of drug-likeness (QED) is 0.0349. The van der Waals surface area contributed by atoms with Gasteiger partial charge >= 0.3 is 13.8 Å². The largest absolute Gasteiger partial charge is 0.475 e. The Labute approximate surface area is 353 Å². The fraction of sp³-hybridized carbons (Fsp3) is 0.429. The molecular weight excluding hydrogens is 823 g/mol. The molecule has 60 heavy (non-hydrogen) atoms. The van der Waals surface area contributed by atoms with Crippen LogP contribution in [0.25, 0.3) is 6.08 Å². The molecule has 1 fully saturated rings. The molecule has 2 heterocycles. The molecule has 0 spiro atoms. The van der Waals surface area contributed by atoms with Gasteiger partial charge in [0.1, 0.15) is 30.1 Å². The van der Waals surface area contributed by atoms with Crippen LogP contribution in [0.5, 0.6) is 0 Å². The number of hydrogen-bond acceptors (Lipinski definition) is 13. The van der Waals surface area contributed by atoms with Gasteiger partial charge in [0.15, 0.2) is 11.9 Å². The number of ether oxygens (including phenoxy) is 3. The molecule has 0 bridgehead atoms. The maximum absolute atomic E-state index is 16.0. The Morgan fingerprint density at radius 3 is 2.42 bits per heavy atom. The van der Waals surface area contributed by atoms with E-state index < -0.39 is 54.5 Å². The van der Waals surface area contributed by atoms with Crippen molar-refractivity contribution in [1.82, 2.24) is 19.7 Å². The van der Waals surface area contributed by atoms with Gasteiger partial charge in [-0.15, -0.1) is 24.9 Å². The molecule has 13 nitrogen and oxygen atoms in total. The fourth-order valence-electron chi connectivity index (χ4n) is 6.17. The van der Waals surface area contributed by atoms with Gasteiger partial charge in [-0.2, -0.15) is 10.4 Å². The van der Waals surface area contributed by atoms with Gasteiger partial charge < -0.3 is 19.1 Å². The highest BCUT2D eigenvalue weighted by Gasteiger charge is 2.47. The van der Waals surface area contributed by atoms with Crippen LogP contribution in [0.3, 0.4) is 0 Å². The number of allylic oxidation sites excluding steroid dienone is 2. The highest BCUT2D eigenvalue weighted by Crippen LogP contribution is 2.51. The summed E-state index contributed by atoms with van der Waals surface area (Å²) in [6.07, 6.45) is 10.2. The molecule has 1 unspecified atom stereocenters. The molecule has 0 N–H and O–H groups in total. The van der Waals surface area contributed by atoms with Crippen molar-refractivity contribution in [1.29, 1.82) is 5.26 Å². The van der Waals surface area contributed by atoms with Gasteiger partial charge in [0.25, 0.3) is 0 Å². The summed E-state index contributed by atoms with van der Waals surface area (Å²) in [5.74, 6) is -3.03. The number of thioether (sulfide) groups is 1. The molecule has 1 aliphatic heterocycles. The summed E-state index contributed by atoms with van der Waals surface area (Å²) in [6, 6.07) is 9.14. The van der Waals surface area contributed by atoms with Gasteiger partial charge in [-0.3, -0.25) is 18.4 Å². The normalized spacial score (nSPS) is 18.0. The Morgan fingerprint density at radius 1 is 1.10 bits per heavy atom. The summed E-state index contributed by atoms with van der Waals surface area (Å²) < 4.78 is 94.6. The van der Waals surface area contributed by atoms with Gasteiger partial charge in [0.2, 0.25) is 0 Å². The topological polar surface area (TPSA) is 147 Å². The molecule has 1 aromatic heterocycles. The maximum atomic E-state index is 16.0. The number of aromatic nitrogens is 3. The van der Waals surface area contributed by atoms with E-state index in [9.17, 15) is 18.1 Å². The van der Waals surface area contributed by atoms with E-state index >= 15 is 4.39 Å². The van der Waals surface area contributed by atoms with Crippen molar-refractivity contribution in [3.63, 3.8) is 0 Å². The molecule has 4 rings (SSSR count). The molecule has 0 radical (unpaired) electrons. The molecule has 324 valence electrons. The van der Waals surface area contributed by atoms with Crippen molar-refractivity contribution in [3.05, 3.63) is 127 Å². The van der Waals surface area contributed by atoms with Crippen molar-refractivity contribution in [2.45, 2.75) is 68.7 Å². The first kappa shape index (κ1) is 48.3. The van der Waals surface area contributed by atoms with Crippen LogP contribution >= 0.6 is 19.6 Å². The Kier molecular flexibility index (Phi) is 19.5. The van der Waals surface area contributed by atoms with Crippen LogP contribution in [0, 0.1) is 28.8 Å². The van der Waals surface area contributed by atoms with E-state index in [1.54, 1.807) is 31.2 Å².